The summed E-state index contributed by atoms with van der Waals surface area (Å²) in [5, 5.41) is 6.66. The molecule has 1 aromatic rings. The van der Waals surface area contributed by atoms with Gasteiger partial charge in [0.15, 0.2) is 0 Å². The Hall–Kier alpha value is -1.39. The van der Waals surface area contributed by atoms with Crippen molar-refractivity contribution in [3.8, 4) is 0 Å². The molecule has 1 amide bonds. The number of carbonyl (C=O) groups excluding carboxylic acids is 1. The highest BCUT2D eigenvalue weighted by Crippen LogP contribution is 2.18. The molecular weight excluding hydrogens is 298 g/mol. The van der Waals surface area contributed by atoms with Gasteiger partial charge in [0.05, 0.1) is 0 Å². The van der Waals surface area contributed by atoms with E-state index in [-0.39, 0.29) is 5.91 Å². The Bertz CT molecular complexity index is 521. The lowest BCUT2D eigenvalue weighted by atomic mass is 9.93. The van der Waals surface area contributed by atoms with Crippen LogP contribution in [0.4, 0.5) is 0 Å². The summed E-state index contributed by atoms with van der Waals surface area (Å²) in [6, 6.07) is 9.26. The van der Waals surface area contributed by atoms with E-state index >= 15 is 0 Å². The quantitative estimate of drug-likeness (QED) is 0.771. The SMILES string of the molecule is O=C(CCN1CCCCC1)NCc1cccc(CNC2CCC2)c1. The second-order valence-electron chi connectivity index (χ2n) is 7.26. The van der Waals surface area contributed by atoms with Gasteiger partial charge in [-0.1, -0.05) is 37.1 Å². The van der Waals surface area contributed by atoms with Crippen LogP contribution in [0.5, 0.6) is 0 Å². The van der Waals surface area contributed by atoms with Gasteiger partial charge in [0.1, 0.15) is 0 Å². The van der Waals surface area contributed by atoms with Crippen LogP contribution < -0.4 is 10.6 Å². The van der Waals surface area contributed by atoms with E-state index in [2.05, 4.69) is 39.8 Å². The first-order valence-corrected chi connectivity index (χ1v) is 9.60. The van der Waals surface area contributed by atoms with Gasteiger partial charge in [0.25, 0.3) is 0 Å². The van der Waals surface area contributed by atoms with E-state index in [0.717, 1.165) is 26.2 Å². The molecule has 2 N–H and O–H groups in total. The van der Waals surface area contributed by atoms with Gasteiger partial charge in [-0.05, 0) is 49.9 Å². The zero-order chi connectivity index (χ0) is 16.6. The first kappa shape index (κ1) is 17.4. The van der Waals surface area contributed by atoms with E-state index in [0.29, 0.717) is 19.0 Å². The van der Waals surface area contributed by atoms with E-state index in [9.17, 15) is 4.79 Å². The van der Waals surface area contributed by atoms with Crippen molar-refractivity contribution in [3.63, 3.8) is 0 Å². The summed E-state index contributed by atoms with van der Waals surface area (Å²) < 4.78 is 0. The summed E-state index contributed by atoms with van der Waals surface area (Å²) in [5.74, 6) is 0.165. The predicted octanol–water partition coefficient (Wildman–Crippen LogP) is 2.82. The van der Waals surface area contributed by atoms with Crippen LogP contribution in [0.2, 0.25) is 0 Å². The van der Waals surface area contributed by atoms with Crippen molar-refractivity contribution in [3.05, 3.63) is 35.4 Å². The molecule has 24 heavy (non-hydrogen) atoms. The predicted molar refractivity (Wildman–Crippen MR) is 97.7 cm³/mol. The first-order chi connectivity index (χ1) is 11.8. The molecule has 1 aromatic carbocycles. The molecule has 4 nitrogen and oxygen atoms in total. The maximum Gasteiger partial charge on any atom is 0.221 e. The van der Waals surface area contributed by atoms with Crippen LogP contribution in [0, 0.1) is 0 Å². The molecule has 4 heteroatoms. The fourth-order valence-corrected chi connectivity index (χ4v) is 3.46. The van der Waals surface area contributed by atoms with Crippen LogP contribution in [0.1, 0.15) is 56.1 Å². The third-order valence-corrected chi connectivity index (χ3v) is 5.28. The fourth-order valence-electron chi connectivity index (χ4n) is 3.46. The largest absolute Gasteiger partial charge is 0.352 e. The van der Waals surface area contributed by atoms with E-state index in [1.54, 1.807) is 0 Å². The number of benzene rings is 1. The Kier molecular flexibility index (Phi) is 6.67. The average molecular weight is 329 g/mol. The van der Waals surface area contributed by atoms with Gasteiger partial charge in [-0.25, -0.2) is 0 Å². The Morgan fingerprint density at radius 1 is 1.04 bits per heavy atom. The number of carbonyl (C=O) groups is 1. The second-order valence-corrected chi connectivity index (χ2v) is 7.26. The zero-order valence-electron chi connectivity index (χ0n) is 14.7. The Labute approximate surface area is 146 Å². The summed E-state index contributed by atoms with van der Waals surface area (Å²) in [5.41, 5.74) is 2.50. The van der Waals surface area contributed by atoms with Gasteiger partial charge in [-0.3, -0.25) is 4.79 Å². The van der Waals surface area contributed by atoms with Crippen molar-refractivity contribution >= 4 is 5.91 Å². The third kappa shape index (κ3) is 5.60. The van der Waals surface area contributed by atoms with Crippen LogP contribution in [-0.2, 0) is 17.9 Å². The van der Waals surface area contributed by atoms with Crippen molar-refractivity contribution in [1.82, 2.24) is 15.5 Å². The van der Waals surface area contributed by atoms with Crippen LogP contribution in [0.15, 0.2) is 24.3 Å². The molecule has 2 fully saturated rings. The van der Waals surface area contributed by atoms with Gasteiger partial charge in [0.2, 0.25) is 5.91 Å². The van der Waals surface area contributed by atoms with Gasteiger partial charge >= 0.3 is 0 Å². The van der Waals surface area contributed by atoms with E-state index in [4.69, 9.17) is 0 Å². The minimum absolute atomic E-state index is 0.165. The molecule has 1 heterocycles. The zero-order valence-corrected chi connectivity index (χ0v) is 14.7. The smallest absolute Gasteiger partial charge is 0.221 e. The Morgan fingerprint density at radius 2 is 1.79 bits per heavy atom. The summed E-state index contributed by atoms with van der Waals surface area (Å²) >= 11 is 0. The molecule has 0 radical (unpaired) electrons. The molecule has 1 saturated carbocycles. The number of piperidine rings is 1. The summed E-state index contributed by atoms with van der Waals surface area (Å²) in [6.45, 7) is 4.78. The highest BCUT2D eigenvalue weighted by molar-refractivity contribution is 5.76. The number of hydrogen-bond donors (Lipinski definition) is 2. The number of hydrogen-bond acceptors (Lipinski definition) is 3. The summed E-state index contributed by atoms with van der Waals surface area (Å²) in [4.78, 5) is 14.5. The summed E-state index contributed by atoms with van der Waals surface area (Å²) in [7, 11) is 0. The standard InChI is InChI=1S/C20H31N3O/c24-20(10-13-23-11-2-1-3-12-23)22-16-18-7-4-6-17(14-18)15-21-19-8-5-9-19/h4,6-7,14,19,21H,1-3,5,8-13,15-16H2,(H,22,24). The van der Waals surface area contributed by atoms with Crippen molar-refractivity contribution < 1.29 is 4.79 Å². The molecule has 132 valence electrons. The molecular formula is C20H31N3O. The van der Waals surface area contributed by atoms with Crippen molar-refractivity contribution in [2.45, 2.75) is 64.1 Å². The lowest BCUT2D eigenvalue weighted by molar-refractivity contribution is -0.121. The lowest BCUT2D eigenvalue weighted by Gasteiger charge is -2.26. The van der Waals surface area contributed by atoms with Gasteiger partial charge in [0, 0.05) is 32.1 Å². The monoisotopic (exact) mass is 329 g/mol. The average Bonchev–Trinajstić information content (AvgIpc) is 2.58. The minimum Gasteiger partial charge on any atom is -0.352 e. The molecule has 3 rings (SSSR count). The second kappa shape index (κ2) is 9.19. The van der Waals surface area contributed by atoms with E-state index in [1.165, 1.54) is 49.7 Å². The number of nitrogens with one attached hydrogen (secondary N) is 2. The van der Waals surface area contributed by atoms with E-state index in [1.807, 2.05) is 0 Å². The van der Waals surface area contributed by atoms with Crippen LogP contribution in [0.3, 0.4) is 0 Å². The third-order valence-electron chi connectivity index (χ3n) is 5.28. The molecule has 0 spiro atoms. The lowest BCUT2D eigenvalue weighted by Crippen LogP contribution is -2.34. The van der Waals surface area contributed by atoms with Crippen LogP contribution in [0.25, 0.3) is 0 Å². The van der Waals surface area contributed by atoms with Crippen LogP contribution >= 0.6 is 0 Å². The van der Waals surface area contributed by atoms with Gasteiger partial charge in [-0.15, -0.1) is 0 Å². The maximum atomic E-state index is 12.1. The van der Waals surface area contributed by atoms with Crippen molar-refractivity contribution in [2.24, 2.45) is 0 Å². The van der Waals surface area contributed by atoms with E-state index < -0.39 is 0 Å². The number of likely N-dealkylation sites (tertiary alicyclic amines) is 1. The molecule has 0 atom stereocenters. The Morgan fingerprint density at radius 3 is 2.50 bits per heavy atom. The molecule has 1 aliphatic heterocycles. The van der Waals surface area contributed by atoms with Gasteiger partial charge in [-0.2, -0.15) is 0 Å². The number of amides is 1. The van der Waals surface area contributed by atoms with Crippen molar-refractivity contribution in [2.75, 3.05) is 19.6 Å². The minimum atomic E-state index is 0.165. The highest BCUT2D eigenvalue weighted by atomic mass is 16.1. The molecule has 2 aliphatic rings. The first-order valence-electron chi connectivity index (χ1n) is 9.60. The van der Waals surface area contributed by atoms with Crippen LogP contribution in [-0.4, -0.2) is 36.5 Å². The summed E-state index contributed by atoms with van der Waals surface area (Å²) in [6.07, 6.45) is 8.50. The number of nitrogens with zero attached hydrogens (tertiary/aromatic N) is 1. The molecule has 0 unspecified atom stereocenters. The maximum absolute atomic E-state index is 12.1. The highest BCUT2D eigenvalue weighted by Gasteiger charge is 2.16. The molecule has 0 bridgehead atoms. The fraction of sp³-hybridized carbons (Fsp3) is 0.650. The van der Waals surface area contributed by atoms with Gasteiger partial charge < -0.3 is 15.5 Å². The normalized spacial score (nSPS) is 19.0. The van der Waals surface area contributed by atoms with Crippen molar-refractivity contribution in [1.29, 1.82) is 0 Å². The number of rotatable bonds is 8. The molecule has 0 aromatic heterocycles. The molecule has 1 saturated heterocycles. The Balaban J connectivity index is 1.36. The molecule has 1 aliphatic carbocycles. The topological polar surface area (TPSA) is 44.4 Å².